The van der Waals surface area contributed by atoms with Gasteiger partial charge in [0.1, 0.15) is 24.2 Å². The Morgan fingerprint density at radius 1 is 1.25 bits per heavy atom. The van der Waals surface area contributed by atoms with Crippen LogP contribution in [0.2, 0.25) is 0 Å². The zero-order chi connectivity index (χ0) is 12.1. The summed E-state index contributed by atoms with van der Waals surface area (Å²) in [5.74, 6) is -0.510. The molecule has 1 aromatic rings. The normalized spacial score (nSPS) is 16.0. The fourth-order valence-corrected chi connectivity index (χ4v) is 1.29. The van der Waals surface area contributed by atoms with Gasteiger partial charge in [-0.1, -0.05) is 17.2 Å². The predicted molar refractivity (Wildman–Crippen MR) is 53.8 cm³/mol. The molecular formula is C10H10F3N3. The molecule has 0 fully saturated rings. The highest BCUT2D eigenvalue weighted by molar-refractivity contribution is 5.20. The van der Waals surface area contributed by atoms with E-state index in [1.54, 1.807) is 0 Å². The predicted octanol–water partition coefficient (Wildman–Crippen LogP) is 3.87. The number of alkyl halides is 2. The number of halogens is 3. The summed E-state index contributed by atoms with van der Waals surface area (Å²) in [4.78, 5) is 2.39. The molecule has 0 spiro atoms. The van der Waals surface area contributed by atoms with Crippen molar-refractivity contribution < 1.29 is 13.2 Å². The standard InChI is InChI=1S/C10H10F3N3/c1-6(11)10(15-16-14)9(13)7-2-4-8(12)5-3-7/h2-6,9-10H,1H3/t6?,9-,10-/m0/s1. The monoisotopic (exact) mass is 229 g/mol. The molecule has 3 nitrogen and oxygen atoms in total. The Hall–Kier alpha value is -1.68. The lowest BCUT2D eigenvalue weighted by molar-refractivity contribution is 0.196. The van der Waals surface area contributed by atoms with Gasteiger partial charge in [0.05, 0.1) is 0 Å². The summed E-state index contributed by atoms with van der Waals surface area (Å²) in [7, 11) is 0. The third-order valence-corrected chi connectivity index (χ3v) is 2.14. The lowest BCUT2D eigenvalue weighted by Gasteiger charge is -2.17. The van der Waals surface area contributed by atoms with E-state index >= 15 is 0 Å². The van der Waals surface area contributed by atoms with Crippen molar-refractivity contribution >= 4 is 0 Å². The second-order valence-corrected chi connectivity index (χ2v) is 3.33. The van der Waals surface area contributed by atoms with Crippen molar-refractivity contribution in [1.82, 2.24) is 0 Å². The van der Waals surface area contributed by atoms with Crippen LogP contribution < -0.4 is 0 Å². The van der Waals surface area contributed by atoms with Gasteiger partial charge in [-0.2, -0.15) is 0 Å². The minimum Gasteiger partial charge on any atom is -0.247 e. The highest BCUT2D eigenvalue weighted by Gasteiger charge is 2.27. The van der Waals surface area contributed by atoms with Gasteiger partial charge in [0.25, 0.3) is 0 Å². The first-order chi connectivity index (χ1) is 7.56. The Balaban J connectivity index is 2.94. The quantitative estimate of drug-likeness (QED) is 0.427. The van der Waals surface area contributed by atoms with E-state index in [-0.39, 0.29) is 5.56 Å². The first-order valence-corrected chi connectivity index (χ1v) is 4.64. The molecule has 86 valence electrons. The van der Waals surface area contributed by atoms with E-state index in [0.717, 1.165) is 19.1 Å². The summed E-state index contributed by atoms with van der Waals surface area (Å²) in [6.45, 7) is 1.11. The van der Waals surface area contributed by atoms with Gasteiger partial charge < -0.3 is 0 Å². The number of azide groups is 1. The van der Waals surface area contributed by atoms with E-state index in [1.165, 1.54) is 12.1 Å². The van der Waals surface area contributed by atoms with Crippen LogP contribution in [0.25, 0.3) is 10.4 Å². The van der Waals surface area contributed by atoms with E-state index < -0.39 is 24.2 Å². The maximum Gasteiger partial charge on any atom is 0.136 e. The van der Waals surface area contributed by atoms with E-state index in [9.17, 15) is 13.2 Å². The maximum atomic E-state index is 13.7. The number of hydrogen-bond donors (Lipinski definition) is 0. The molecule has 0 heterocycles. The van der Waals surface area contributed by atoms with Gasteiger partial charge in [0, 0.05) is 4.91 Å². The second-order valence-electron chi connectivity index (χ2n) is 3.33. The Morgan fingerprint density at radius 2 is 1.81 bits per heavy atom. The molecule has 0 saturated carbocycles. The van der Waals surface area contributed by atoms with Crippen LogP contribution in [-0.4, -0.2) is 12.2 Å². The molecule has 1 aromatic carbocycles. The van der Waals surface area contributed by atoms with Gasteiger partial charge in [-0.05, 0) is 30.2 Å². The first kappa shape index (κ1) is 12.4. The molecule has 0 saturated heterocycles. The molecule has 0 aliphatic carbocycles. The van der Waals surface area contributed by atoms with Crippen molar-refractivity contribution in [2.45, 2.75) is 25.3 Å². The van der Waals surface area contributed by atoms with Crippen LogP contribution in [0.5, 0.6) is 0 Å². The number of hydrogen-bond acceptors (Lipinski definition) is 1. The third-order valence-electron chi connectivity index (χ3n) is 2.14. The third kappa shape index (κ3) is 2.90. The highest BCUT2D eigenvalue weighted by atomic mass is 19.1. The molecule has 16 heavy (non-hydrogen) atoms. The van der Waals surface area contributed by atoms with Gasteiger partial charge >= 0.3 is 0 Å². The summed E-state index contributed by atoms with van der Waals surface area (Å²) in [5.41, 5.74) is 8.28. The molecule has 0 aromatic heterocycles. The zero-order valence-corrected chi connectivity index (χ0v) is 8.52. The van der Waals surface area contributed by atoms with Crippen LogP contribution in [0.15, 0.2) is 29.4 Å². The van der Waals surface area contributed by atoms with Gasteiger partial charge in [0.2, 0.25) is 0 Å². The van der Waals surface area contributed by atoms with Gasteiger partial charge in [-0.25, -0.2) is 13.2 Å². The fourth-order valence-electron chi connectivity index (χ4n) is 1.29. The largest absolute Gasteiger partial charge is 0.247 e. The van der Waals surface area contributed by atoms with E-state index in [2.05, 4.69) is 10.0 Å². The molecule has 6 heteroatoms. The summed E-state index contributed by atoms with van der Waals surface area (Å²) in [6, 6.07) is 3.09. The van der Waals surface area contributed by atoms with Crippen molar-refractivity contribution in [3.05, 3.63) is 46.1 Å². The lowest BCUT2D eigenvalue weighted by atomic mass is 10.0. The SMILES string of the molecule is CC(F)[C@H](N=[N+]=[N-])[C@@H](F)c1ccc(F)cc1. The Bertz CT molecular complexity index is 385. The smallest absolute Gasteiger partial charge is 0.136 e. The Morgan fingerprint density at radius 3 is 2.25 bits per heavy atom. The highest BCUT2D eigenvalue weighted by Crippen LogP contribution is 2.27. The summed E-state index contributed by atoms with van der Waals surface area (Å²) in [6.07, 6.45) is -3.40. The molecule has 1 rings (SSSR count). The molecule has 0 amide bonds. The van der Waals surface area contributed by atoms with Crippen molar-refractivity contribution in [1.29, 1.82) is 0 Å². The number of benzene rings is 1. The van der Waals surface area contributed by atoms with E-state index in [0.29, 0.717) is 0 Å². The maximum absolute atomic E-state index is 13.7. The Labute approximate surface area is 90.5 Å². The average Bonchev–Trinajstić information content (AvgIpc) is 2.25. The van der Waals surface area contributed by atoms with Crippen LogP contribution in [0.1, 0.15) is 18.7 Å². The van der Waals surface area contributed by atoms with Gasteiger partial charge in [0.15, 0.2) is 0 Å². The van der Waals surface area contributed by atoms with Crippen molar-refractivity contribution in [3.63, 3.8) is 0 Å². The molecule has 0 bridgehead atoms. The molecular weight excluding hydrogens is 219 g/mol. The summed E-state index contributed by atoms with van der Waals surface area (Å²) >= 11 is 0. The van der Waals surface area contributed by atoms with Crippen LogP contribution in [-0.2, 0) is 0 Å². The molecule has 1 unspecified atom stereocenters. The van der Waals surface area contributed by atoms with Crippen molar-refractivity contribution in [2.75, 3.05) is 0 Å². The van der Waals surface area contributed by atoms with E-state index in [4.69, 9.17) is 5.53 Å². The minimum absolute atomic E-state index is 0.0864. The van der Waals surface area contributed by atoms with Crippen LogP contribution in [0.3, 0.4) is 0 Å². The van der Waals surface area contributed by atoms with Crippen LogP contribution in [0.4, 0.5) is 13.2 Å². The fraction of sp³-hybridized carbons (Fsp3) is 0.400. The summed E-state index contributed by atoms with van der Waals surface area (Å²) < 4.78 is 39.3. The lowest BCUT2D eigenvalue weighted by Crippen LogP contribution is -2.22. The first-order valence-electron chi connectivity index (χ1n) is 4.64. The van der Waals surface area contributed by atoms with Crippen molar-refractivity contribution in [3.8, 4) is 0 Å². The van der Waals surface area contributed by atoms with E-state index in [1.807, 2.05) is 0 Å². The second kappa shape index (κ2) is 5.42. The Kier molecular flexibility index (Phi) is 4.19. The summed E-state index contributed by atoms with van der Waals surface area (Å²) in [5, 5.41) is 3.06. The van der Waals surface area contributed by atoms with Crippen LogP contribution >= 0.6 is 0 Å². The van der Waals surface area contributed by atoms with Crippen molar-refractivity contribution in [2.24, 2.45) is 5.11 Å². The average molecular weight is 229 g/mol. The molecule has 0 radical (unpaired) electrons. The zero-order valence-electron chi connectivity index (χ0n) is 8.52. The minimum atomic E-state index is -1.78. The number of nitrogens with zero attached hydrogens (tertiary/aromatic N) is 3. The van der Waals surface area contributed by atoms with Gasteiger partial charge in [-0.15, -0.1) is 0 Å². The number of rotatable bonds is 4. The topological polar surface area (TPSA) is 48.8 Å². The molecule has 0 aliphatic heterocycles. The molecule has 0 N–H and O–H groups in total. The molecule has 0 aliphatic rings. The van der Waals surface area contributed by atoms with Gasteiger partial charge in [-0.3, -0.25) is 0 Å². The molecule has 3 atom stereocenters. The van der Waals surface area contributed by atoms with Crippen LogP contribution in [0, 0.1) is 5.82 Å².